The van der Waals surface area contributed by atoms with Crippen LogP contribution in [0.1, 0.15) is 19.2 Å². The van der Waals surface area contributed by atoms with E-state index < -0.39 is 17.2 Å². The summed E-state index contributed by atoms with van der Waals surface area (Å²) in [5.74, 6) is 0.493. The third-order valence-electron chi connectivity index (χ3n) is 6.01. The topological polar surface area (TPSA) is 94.7 Å². The molecule has 1 aromatic carbocycles. The zero-order chi connectivity index (χ0) is 21.9. The summed E-state index contributed by atoms with van der Waals surface area (Å²) in [5.41, 5.74) is 0.682. The van der Waals surface area contributed by atoms with Gasteiger partial charge in [-0.15, -0.1) is 15.3 Å². The van der Waals surface area contributed by atoms with E-state index >= 15 is 0 Å². The van der Waals surface area contributed by atoms with Crippen LogP contribution in [-0.2, 0) is 10.3 Å². The van der Waals surface area contributed by atoms with Crippen molar-refractivity contribution in [3.05, 3.63) is 48.2 Å². The number of rotatable bonds is 3. The molecule has 2 aliphatic heterocycles. The first-order valence-electron chi connectivity index (χ1n) is 10.0. The first kappa shape index (κ1) is 19.3. The van der Waals surface area contributed by atoms with E-state index in [4.69, 9.17) is 9.72 Å². The predicted molar refractivity (Wildman–Crippen MR) is 111 cm³/mol. The largest absolute Gasteiger partial charge is 0.377 e. The molecule has 32 heavy (non-hydrogen) atoms. The number of nitrogens with zero attached hydrogens (tertiary/aromatic N) is 8. The summed E-state index contributed by atoms with van der Waals surface area (Å²) in [6, 6.07) is 3.35. The van der Waals surface area contributed by atoms with Gasteiger partial charge in [0.25, 0.3) is 0 Å². The van der Waals surface area contributed by atoms with Crippen molar-refractivity contribution in [2.24, 2.45) is 0 Å². The predicted octanol–water partition coefficient (Wildman–Crippen LogP) is 2.98. The zero-order valence-electron chi connectivity index (χ0n) is 16.9. The SMILES string of the molecule is CC[C@]12COCCN1c1nc(-c3snnc3-c3ccc(F)cc3F)ncc1-n1cnnc12. The van der Waals surface area contributed by atoms with Gasteiger partial charge in [0.05, 0.1) is 19.4 Å². The standard InChI is InChI=1S/C20H16F2N8OS/c1-2-20-9-31-6-5-30(20)18-14(29-10-24-27-19(20)29)8-23-17(25-18)16-15(26-28-32-16)12-4-3-11(21)7-13(12)22/h3-4,7-8,10H,2,5-6,9H2,1H3/t20-/m1/s1. The monoisotopic (exact) mass is 454 g/mol. The summed E-state index contributed by atoms with van der Waals surface area (Å²) in [4.78, 5) is 12.1. The minimum atomic E-state index is -0.718. The Morgan fingerprint density at radius 1 is 1.25 bits per heavy atom. The van der Waals surface area contributed by atoms with Crippen molar-refractivity contribution in [2.75, 3.05) is 24.7 Å². The van der Waals surface area contributed by atoms with E-state index in [0.717, 1.165) is 35.5 Å². The molecule has 5 heterocycles. The molecule has 12 heteroatoms. The second-order valence-electron chi connectivity index (χ2n) is 7.59. The van der Waals surface area contributed by atoms with Gasteiger partial charge in [-0.3, -0.25) is 4.57 Å². The highest BCUT2D eigenvalue weighted by molar-refractivity contribution is 7.09. The highest BCUT2D eigenvalue weighted by Gasteiger charge is 2.49. The minimum Gasteiger partial charge on any atom is -0.377 e. The van der Waals surface area contributed by atoms with E-state index in [-0.39, 0.29) is 11.3 Å². The minimum absolute atomic E-state index is 0.145. The van der Waals surface area contributed by atoms with Crippen LogP contribution in [0.25, 0.3) is 27.6 Å². The van der Waals surface area contributed by atoms with Crippen LogP contribution in [-0.4, -0.2) is 54.1 Å². The number of halogens is 2. The Bertz CT molecular complexity index is 1340. The molecule has 0 aliphatic carbocycles. The Morgan fingerprint density at radius 3 is 3.00 bits per heavy atom. The lowest BCUT2D eigenvalue weighted by molar-refractivity contribution is 0.0391. The van der Waals surface area contributed by atoms with Gasteiger partial charge >= 0.3 is 0 Å². The summed E-state index contributed by atoms with van der Waals surface area (Å²) in [6.07, 6.45) is 4.09. The number of benzene rings is 1. The van der Waals surface area contributed by atoms with Crippen LogP contribution in [0.4, 0.5) is 14.6 Å². The van der Waals surface area contributed by atoms with Crippen molar-refractivity contribution in [1.82, 2.24) is 34.3 Å². The van der Waals surface area contributed by atoms with Crippen molar-refractivity contribution in [3.63, 3.8) is 0 Å². The molecule has 0 unspecified atom stereocenters. The number of anilines is 1. The molecule has 162 valence electrons. The molecule has 3 aromatic heterocycles. The Hall–Kier alpha value is -3.38. The molecule has 0 saturated carbocycles. The molecule has 4 aromatic rings. The van der Waals surface area contributed by atoms with Gasteiger partial charge in [-0.2, -0.15) is 0 Å². The molecule has 0 spiro atoms. The Balaban J connectivity index is 1.52. The lowest BCUT2D eigenvalue weighted by Crippen LogP contribution is -2.58. The van der Waals surface area contributed by atoms with Gasteiger partial charge in [0.2, 0.25) is 0 Å². The fourth-order valence-electron chi connectivity index (χ4n) is 4.40. The van der Waals surface area contributed by atoms with Gasteiger partial charge in [-0.05, 0) is 30.1 Å². The Kier molecular flexibility index (Phi) is 4.27. The zero-order valence-corrected chi connectivity index (χ0v) is 17.7. The van der Waals surface area contributed by atoms with Crippen LogP contribution in [0.15, 0.2) is 30.7 Å². The number of aromatic nitrogens is 7. The van der Waals surface area contributed by atoms with Crippen molar-refractivity contribution in [1.29, 1.82) is 0 Å². The van der Waals surface area contributed by atoms with E-state index in [1.165, 1.54) is 12.1 Å². The number of hydrogen-bond donors (Lipinski definition) is 0. The molecule has 2 aliphatic rings. The van der Waals surface area contributed by atoms with Crippen LogP contribution < -0.4 is 4.90 Å². The highest BCUT2D eigenvalue weighted by Crippen LogP contribution is 2.44. The number of ether oxygens (including phenoxy) is 1. The van der Waals surface area contributed by atoms with E-state index in [1.54, 1.807) is 12.5 Å². The lowest BCUT2D eigenvalue weighted by atomic mass is 9.90. The highest BCUT2D eigenvalue weighted by atomic mass is 32.1. The quantitative estimate of drug-likeness (QED) is 0.466. The van der Waals surface area contributed by atoms with Gasteiger partial charge in [0.1, 0.15) is 39.8 Å². The molecule has 0 radical (unpaired) electrons. The normalized spacial score (nSPS) is 19.4. The van der Waals surface area contributed by atoms with Crippen LogP contribution in [0.2, 0.25) is 0 Å². The first-order chi connectivity index (χ1) is 15.6. The molecular weight excluding hydrogens is 438 g/mol. The summed E-state index contributed by atoms with van der Waals surface area (Å²) in [6.45, 7) is 3.73. The number of morpholine rings is 1. The summed E-state index contributed by atoms with van der Waals surface area (Å²) in [7, 11) is 0. The molecule has 0 amide bonds. The molecule has 1 saturated heterocycles. The van der Waals surface area contributed by atoms with Gasteiger partial charge in [-0.25, -0.2) is 18.7 Å². The molecule has 9 nitrogen and oxygen atoms in total. The van der Waals surface area contributed by atoms with Crippen LogP contribution in [0, 0.1) is 11.6 Å². The molecule has 0 N–H and O–H groups in total. The maximum absolute atomic E-state index is 14.4. The van der Waals surface area contributed by atoms with Gasteiger partial charge in [-0.1, -0.05) is 11.4 Å². The van der Waals surface area contributed by atoms with Crippen molar-refractivity contribution < 1.29 is 13.5 Å². The maximum atomic E-state index is 14.4. The van der Waals surface area contributed by atoms with E-state index in [0.29, 0.717) is 36.3 Å². The number of fused-ring (bicyclic) bond motifs is 6. The second kappa shape index (κ2) is 7.07. The van der Waals surface area contributed by atoms with Crippen molar-refractivity contribution in [2.45, 2.75) is 18.9 Å². The fraction of sp³-hybridized carbons (Fsp3) is 0.300. The van der Waals surface area contributed by atoms with Crippen LogP contribution in [0.3, 0.4) is 0 Å². The van der Waals surface area contributed by atoms with E-state index in [9.17, 15) is 8.78 Å². The molecular formula is C20H16F2N8OS. The lowest BCUT2D eigenvalue weighted by Gasteiger charge is -2.49. The van der Waals surface area contributed by atoms with Gasteiger partial charge in [0, 0.05) is 18.2 Å². The number of hydrogen-bond acceptors (Lipinski definition) is 9. The van der Waals surface area contributed by atoms with Crippen molar-refractivity contribution >= 4 is 17.4 Å². The Morgan fingerprint density at radius 2 is 2.16 bits per heavy atom. The fourth-order valence-corrected chi connectivity index (χ4v) is 5.02. The van der Waals surface area contributed by atoms with Gasteiger partial charge in [0.15, 0.2) is 17.5 Å². The molecule has 6 rings (SSSR count). The Labute approximate surface area is 184 Å². The molecule has 1 fully saturated rings. The summed E-state index contributed by atoms with van der Waals surface area (Å²) < 4.78 is 39.5. The van der Waals surface area contributed by atoms with E-state index in [1.807, 2.05) is 4.57 Å². The third kappa shape index (κ3) is 2.62. The van der Waals surface area contributed by atoms with E-state index in [2.05, 4.69) is 36.6 Å². The first-order valence-corrected chi connectivity index (χ1v) is 10.8. The third-order valence-corrected chi connectivity index (χ3v) is 6.73. The average molecular weight is 454 g/mol. The van der Waals surface area contributed by atoms with Crippen LogP contribution in [0.5, 0.6) is 0 Å². The second-order valence-corrected chi connectivity index (χ2v) is 8.35. The summed E-state index contributed by atoms with van der Waals surface area (Å²) >= 11 is 1.06. The van der Waals surface area contributed by atoms with Gasteiger partial charge < -0.3 is 9.64 Å². The average Bonchev–Trinajstić information content (AvgIpc) is 3.49. The maximum Gasteiger partial charge on any atom is 0.175 e. The molecule has 1 atom stereocenters. The van der Waals surface area contributed by atoms with Crippen molar-refractivity contribution in [3.8, 4) is 27.6 Å². The summed E-state index contributed by atoms with van der Waals surface area (Å²) in [5, 5.41) is 12.6. The van der Waals surface area contributed by atoms with Crippen LogP contribution >= 0.6 is 11.5 Å². The molecule has 0 bridgehead atoms. The smallest absolute Gasteiger partial charge is 0.175 e.